The van der Waals surface area contributed by atoms with Crippen LogP contribution in [-0.2, 0) is 9.53 Å². The average molecular weight is 336 g/mol. The summed E-state index contributed by atoms with van der Waals surface area (Å²) in [5.41, 5.74) is 0.390. The Labute approximate surface area is 112 Å². The average Bonchev–Trinajstić information content (AvgIpc) is 2.14. The second-order valence-electron chi connectivity index (χ2n) is 5.15. The van der Waals surface area contributed by atoms with Crippen LogP contribution in [0.25, 0.3) is 0 Å². The van der Waals surface area contributed by atoms with Gasteiger partial charge in [0.15, 0.2) is 0 Å². The predicted octanol–water partition coefficient (Wildman–Crippen LogP) is 4.08. The Balaban J connectivity index is 2.41. The largest absolute Gasteiger partial charge is 0.466 e. The third kappa shape index (κ3) is 4.07. The van der Waals surface area contributed by atoms with E-state index in [2.05, 4.69) is 42.5 Å². The van der Waals surface area contributed by atoms with Crippen molar-refractivity contribution in [2.24, 2.45) is 11.3 Å². The lowest BCUT2D eigenvalue weighted by atomic mass is 9.70. The Morgan fingerprint density at radius 3 is 2.88 bits per heavy atom. The zero-order chi connectivity index (χ0) is 12.2. The van der Waals surface area contributed by atoms with Crippen molar-refractivity contribution in [2.45, 2.75) is 46.5 Å². The van der Waals surface area contributed by atoms with Gasteiger partial charge in [-0.25, -0.2) is 0 Å². The minimum atomic E-state index is -0.173. The van der Waals surface area contributed by atoms with E-state index < -0.39 is 0 Å². The molecule has 0 aromatic heterocycles. The highest BCUT2D eigenvalue weighted by atomic mass is 127. The van der Waals surface area contributed by atoms with Gasteiger partial charge in [0.1, 0.15) is 0 Å². The van der Waals surface area contributed by atoms with E-state index in [-0.39, 0.29) is 5.97 Å². The smallest absolute Gasteiger partial charge is 0.302 e. The molecule has 0 aromatic carbocycles. The summed E-state index contributed by atoms with van der Waals surface area (Å²) in [5, 5.41) is 0. The van der Waals surface area contributed by atoms with Crippen molar-refractivity contribution >= 4 is 28.6 Å². The third-order valence-corrected chi connectivity index (χ3v) is 4.54. The molecule has 0 aromatic rings. The molecule has 1 aliphatic rings. The lowest BCUT2D eigenvalue weighted by Crippen LogP contribution is -2.27. The van der Waals surface area contributed by atoms with Crippen LogP contribution in [0.1, 0.15) is 46.5 Å². The van der Waals surface area contributed by atoms with E-state index in [1.165, 1.54) is 23.3 Å². The quantitative estimate of drug-likeness (QED) is 0.439. The summed E-state index contributed by atoms with van der Waals surface area (Å²) in [5.74, 6) is 0.463. The maximum atomic E-state index is 10.7. The molecule has 16 heavy (non-hydrogen) atoms. The van der Waals surface area contributed by atoms with Crippen LogP contribution < -0.4 is 0 Å². The van der Waals surface area contributed by atoms with E-state index in [9.17, 15) is 4.79 Å². The standard InChI is InChI=1S/C13H21IO2/c1-10(15)16-9-5-6-11-12(14)7-4-8-13(11,2)3/h7,11H,4-6,8-9H2,1-3H3/t11-/m0/s1. The van der Waals surface area contributed by atoms with Crippen molar-refractivity contribution < 1.29 is 9.53 Å². The van der Waals surface area contributed by atoms with Gasteiger partial charge in [0.05, 0.1) is 6.61 Å². The summed E-state index contributed by atoms with van der Waals surface area (Å²) < 4.78 is 6.46. The fraction of sp³-hybridized carbons (Fsp3) is 0.769. The Morgan fingerprint density at radius 2 is 2.31 bits per heavy atom. The van der Waals surface area contributed by atoms with Crippen LogP contribution >= 0.6 is 22.6 Å². The van der Waals surface area contributed by atoms with Crippen LogP contribution in [0, 0.1) is 11.3 Å². The van der Waals surface area contributed by atoms with Gasteiger partial charge in [0.25, 0.3) is 0 Å². The molecule has 0 fully saturated rings. The minimum Gasteiger partial charge on any atom is -0.466 e. The van der Waals surface area contributed by atoms with Gasteiger partial charge in [0, 0.05) is 6.92 Å². The van der Waals surface area contributed by atoms with Gasteiger partial charge in [-0.2, -0.15) is 0 Å². The first kappa shape index (κ1) is 14.0. The van der Waals surface area contributed by atoms with Gasteiger partial charge in [-0.15, -0.1) is 0 Å². The molecule has 3 heteroatoms. The summed E-state index contributed by atoms with van der Waals surface area (Å²) in [6.45, 7) is 6.71. The molecule has 0 spiro atoms. The molecular formula is C13H21IO2. The Bertz CT molecular complexity index is 282. The van der Waals surface area contributed by atoms with E-state index in [0.29, 0.717) is 17.9 Å². The molecule has 92 valence electrons. The first-order valence-corrected chi connectivity index (χ1v) is 7.00. The van der Waals surface area contributed by atoms with E-state index in [4.69, 9.17) is 4.74 Å². The summed E-state index contributed by atoms with van der Waals surface area (Å²) >= 11 is 2.46. The Morgan fingerprint density at radius 1 is 1.62 bits per heavy atom. The van der Waals surface area contributed by atoms with E-state index in [1.807, 2.05) is 0 Å². The Hall–Kier alpha value is -0.0600. The predicted molar refractivity (Wildman–Crippen MR) is 74.5 cm³/mol. The van der Waals surface area contributed by atoms with E-state index >= 15 is 0 Å². The summed E-state index contributed by atoms with van der Waals surface area (Å²) in [6.07, 6.45) is 6.90. The van der Waals surface area contributed by atoms with E-state index in [0.717, 1.165) is 12.8 Å². The topological polar surface area (TPSA) is 26.3 Å². The van der Waals surface area contributed by atoms with Crippen LogP contribution in [0.15, 0.2) is 9.66 Å². The molecule has 2 nitrogen and oxygen atoms in total. The second kappa shape index (κ2) is 6.03. The van der Waals surface area contributed by atoms with Gasteiger partial charge < -0.3 is 4.74 Å². The molecule has 0 N–H and O–H groups in total. The van der Waals surface area contributed by atoms with Crippen LogP contribution in [0.2, 0.25) is 0 Å². The van der Waals surface area contributed by atoms with E-state index in [1.54, 1.807) is 0 Å². The lowest BCUT2D eigenvalue weighted by molar-refractivity contribution is -0.141. The zero-order valence-electron chi connectivity index (χ0n) is 10.4. The monoisotopic (exact) mass is 336 g/mol. The molecule has 0 saturated carbocycles. The first-order valence-electron chi connectivity index (χ1n) is 5.92. The first-order chi connectivity index (χ1) is 7.43. The highest BCUT2D eigenvalue weighted by Crippen LogP contribution is 2.45. The fourth-order valence-corrected chi connectivity index (χ4v) is 3.77. The summed E-state index contributed by atoms with van der Waals surface area (Å²) in [6, 6.07) is 0. The van der Waals surface area contributed by atoms with Gasteiger partial charge in [-0.3, -0.25) is 4.79 Å². The SMILES string of the molecule is CC(=O)OCCC[C@H]1C(I)=CCCC1(C)C. The molecule has 0 saturated heterocycles. The number of rotatable bonds is 4. The van der Waals surface area contributed by atoms with Crippen molar-refractivity contribution in [3.05, 3.63) is 9.66 Å². The number of esters is 1. The van der Waals surface area contributed by atoms with Crippen LogP contribution in [0.4, 0.5) is 0 Å². The molecular weight excluding hydrogens is 315 g/mol. The lowest BCUT2D eigenvalue weighted by Gasteiger charge is -2.37. The molecule has 0 heterocycles. The fourth-order valence-electron chi connectivity index (χ4n) is 2.30. The Kier molecular flexibility index (Phi) is 5.28. The molecule has 0 aliphatic heterocycles. The highest BCUT2D eigenvalue weighted by Gasteiger charge is 2.32. The number of ether oxygens (including phenoxy) is 1. The molecule has 0 amide bonds. The van der Waals surface area contributed by atoms with Crippen molar-refractivity contribution in [2.75, 3.05) is 6.61 Å². The van der Waals surface area contributed by atoms with Crippen LogP contribution in [0.5, 0.6) is 0 Å². The van der Waals surface area contributed by atoms with Gasteiger partial charge in [-0.05, 0) is 63.2 Å². The van der Waals surface area contributed by atoms with Crippen LogP contribution in [-0.4, -0.2) is 12.6 Å². The second-order valence-corrected chi connectivity index (χ2v) is 6.40. The van der Waals surface area contributed by atoms with Gasteiger partial charge in [0.2, 0.25) is 0 Å². The number of carbonyl (C=O) groups excluding carboxylic acids is 1. The molecule has 1 atom stereocenters. The van der Waals surface area contributed by atoms with Gasteiger partial charge in [-0.1, -0.05) is 19.9 Å². The van der Waals surface area contributed by atoms with Crippen molar-refractivity contribution in [3.63, 3.8) is 0 Å². The minimum absolute atomic E-state index is 0.173. The summed E-state index contributed by atoms with van der Waals surface area (Å²) in [4.78, 5) is 10.7. The van der Waals surface area contributed by atoms with Crippen LogP contribution in [0.3, 0.4) is 0 Å². The maximum Gasteiger partial charge on any atom is 0.302 e. The molecule has 0 radical (unpaired) electrons. The molecule has 0 bridgehead atoms. The number of hydrogen-bond acceptors (Lipinski definition) is 2. The maximum absolute atomic E-state index is 10.7. The molecule has 0 unspecified atom stereocenters. The highest BCUT2D eigenvalue weighted by molar-refractivity contribution is 14.1. The molecule has 1 rings (SSSR count). The summed E-state index contributed by atoms with van der Waals surface area (Å²) in [7, 11) is 0. The zero-order valence-corrected chi connectivity index (χ0v) is 12.5. The number of halogens is 1. The van der Waals surface area contributed by atoms with Gasteiger partial charge >= 0.3 is 5.97 Å². The van der Waals surface area contributed by atoms with Crippen molar-refractivity contribution in [1.29, 1.82) is 0 Å². The molecule has 1 aliphatic carbocycles. The van der Waals surface area contributed by atoms with Crippen molar-refractivity contribution in [1.82, 2.24) is 0 Å². The van der Waals surface area contributed by atoms with Crippen molar-refractivity contribution in [3.8, 4) is 0 Å². The number of carbonyl (C=O) groups is 1. The number of hydrogen-bond donors (Lipinski definition) is 0. The normalized spacial score (nSPS) is 23.8. The number of allylic oxidation sites excluding steroid dienone is 2. The third-order valence-electron chi connectivity index (χ3n) is 3.35.